The molecule has 0 amide bonds. The number of halogens is 1. The summed E-state index contributed by atoms with van der Waals surface area (Å²) in [4.78, 5) is 11.7. The predicted molar refractivity (Wildman–Crippen MR) is 82.4 cm³/mol. The Bertz CT molecular complexity index is 486. The molecule has 0 fully saturated rings. The van der Waals surface area contributed by atoms with Gasteiger partial charge in [0.05, 0.1) is 7.11 Å². The molecule has 1 unspecified atom stereocenters. The minimum Gasteiger partial charge on any atom is -0.468 e. The number of nitrogens with two attached hydrogens (primary N) is 1. The van der Waals surface area contributed by atoms with Crippen LogP contribution in [0.1, 0.15) is 19.3 Å². The minimum absolute atomic E-state index is 0.355. The van der Waals surface area contributed by atoms with Crippen molar-refractivity contribution in [2.24, 2.45) is 5.73 Å². The van der Waals surface area contributed by atoms with E-state index in [4.69, 9.17) is 21.5 Å². The molecule has 3 N–H and O–H groups in total. The molecule has 0 saturated carbocycles. The van der Waals surface area contributed by atoms with Crippen LogP contribution in [-0.4, -0.2) is 25.7 Å². The number of carbonyl (C=O) groups excluding carboxylic acids is 1. The first-order chi connectivity index (χ1) is 9.98. The highest BCUT2D eigenvalue weighted by atomic mass is 35.7. The van der Waals surface area contributed by atoms with E-state index in [2.05, 4.69) is 9.82 Å². The Labute approximate surface area is 129 Å². The van der Waals surface area contributed by atoms with Crippen LogP contribution >= 0.6 is 18.1 Å². The molecule has 1 aromatic carbocycles. The molecule has 0 spiro atoms. The molecule has 0 aromatic heterocycles. The van der Waals surface area contributed by atoms with E-state index in [0.717, 1.165) is 6.42 Å². The molecule has 0 aliphatic carbocycles. The molecule has 0 bridgehead atoms. The number of methoxy groups -OCH3 is 1. The summed E-state index contributed by atoms with van der Waals surface area (Å²) >= 11 is 5.87. The summed E-state index contributed by atoms with van der Waals surface area (Å²) in [7, 11) is 1.26. The number of nitrogens with one attached hydrogen (secondary N) is 1. The van der Waals surface area contributed by atoms with Gasteiger partial charge in [-0.05, 0) is 31.5 Å². The van der Waals surface area contributed by atoms with Crippen molar-refractivity contribution in [1.29, 1.82) is 0 Å². The lowest BCUT2D eigenvalue weighted by Crippen LogP contribution is -2.35. The summed E-state index contributed by atoms with van der Waals surface area (Å²) < 4.78 is 22.1. The maximum Gasteiger partial charge on any atom is 0.409 e. The Morgan fingerprint density at radius 2 is 2.05 bits per heavy atom. The number of hydrogen-bond donors (Lipinski definition) is 2. The van der Waals surface area contributed by atoms with E-state index in [1.54, 1.807) is 30.3 Å². The van der Waals surface area contributed by atoms with Gasteiger partial charge in [-0.1, -0.05) is 24.6 Å². The second-order valence-corrected chi connectivity index (χ2v) is 7.11. The number of esters is 1. The van der Waals surface area contributed by atoms with E-state index in [9.17, 15) is 9.36 Å². The SMILES string of the molecule is COC(=O)[C@H](CCCCN)NP(=O)(Cl)Oc1ccccc1. The quantitative estimate of drug-likeness (QED) is 0.410. The van der Waals surface area contributed by atoms with Crippen LogP contribution in [0.25, 0.3) is 0 Å². The summed E-state index contributed by atoms with van der Waals surface area (Å²) in [5.41, 5.74) is 5.41. The molecular formula is C13H20ClN2O4P. The van der Waals surface area contributed by atoms with Crippen LogP contribution < -0.4 is 15.3 Å². The second-order valence-electron chi connectivity index (χ2n) is 4.37. The topological polar surface area (TPSA) is 90.6 Å². The van der Waals surface area contributed by atoms with Crippen LogP contribution in [0, 0.1) is 0 Å². The van der Waals surface area contributed by atoms with Crippen LogP contribution in [0.3, 0.4) is 0 Å². The van der Waals surface area contributed by atoms with Gasteiger partial charge in [0, 0.05) is 11.2 Å². The van der Waals surface area contributed by atoms with Gasteiger partial charge in [-0.2, -0.15) is 0 Å². The first-order valence-electron chi connectivity index (χ1n) is 6.58. The van der Waals surface area contributed by atoms with Crippen molar-refractivity contribution in [1.82, 2.24) is 5.09 Å². The van der Waals surface area contributed by atoms with E-state index < -0.39 is 18.9 Å². The highest BCUT2D eigenvalue weighted by molar-refractivity contribution is 7.84. The Hall–Kier alpha value is -1.07. The number of carbonyl (C=O) groups is 1. The van der Waals surface area contributed by atoms with Gasteiger partial charge in [-0.25, -0.2) is 9.65 Å². The zero-order chi connectivity index (χ0) is 15.7. The molecule has 118 valence electrons. The molecule has 0 saturated heterocycles. The van der Waals surface area contributed by atoms with Gasteiger partial charge in [0.15, 0.2) is 0 Å². The van der Waals surface area contributed by atoms with Crippen LogP contribution in [0.2, 0.25) is 0 Å². The lowest BCUT2D eigenvalue weighted by atomic mass is 10.1. The number of unbranched alkanes of at least 4 members (excludes halogenated alkanes) is 1. The number of para-hydroxylation sites is 1. The van der Waals surface area contributed by atoms with Crippen LogP contribution in [0.4, 0.5) is 0 Å². The van der Waals surface area contributed by atoms with Crippen LogP contribution in [0.5, 0.6) is 5.75 Å². The van der Waals surface area contributed by atoms with Crippen molar-refractivity contribution >= 4 is 24.1 Å². The van der Waals surface area contributed by atoms with Crippen molar-refractivity contribution in [3.05, 3.63) is 30.3 Å². The van der Waals surface area contributed by atoms with Crippen LogP contribution in [-0.2, 0) is 14.1 Å². The highest BCUT2D eigenvalue weighted by Gasteiger charge is 2.30. The third kappa shape index (κ3) is 6.96. The number of hydrogen-bond acceptors (Lipinski definition) is 5. The summed E-state index contributed by atoms with van der Waals surface area (Å²) in [6.45, 7) is -3.18. The minimum atomic E-state index is -3.70. The molecule has 1 rings (SSSR count). The normalized spacial score (nSPS) is 15.0. The van der Waals surface area contributed by atoms with E-state index >= 15 is 0 Å². The molecule has 0 aliphatic rings. The lowest BCUT2D eigenvalue weighted by molar-refractivity contribution is -0.142. The third-order valence-corrected chi connectivity index (χ3v) is 4.27. The lowest BCUT2D eigenvalue weighted by Gasteiger charge is -2.20. The van der Waals surface area contributed by atoms with Crippen molar-refractivity contribution < 1.29 is 18.6 Å². The van der Waals surface area contributed by atoms with Gasteiger partial charge in [0.2, 0.25) is 0 Å². The van der Waals surface area contributed by atoms with E-state index in [1.165, 1.54) is 7.11 Å². The summed E-state index contributed by atoms with van der Waals surface area (Å²) in [6, 6.07) is 7.70. The maximum atomic E-state index is 12.2. The van der Waals surface area contributed by atoms with Gasteiger partial charge in [0.25, 0.3) is 0 Å². The first kappa shape index (κ1) is 18.0. The van der Waals surface area contributed by atoms with E-state index in [0.29, 0.717) is 25.1 Å². The van der Waals surface area contributed by atoms with Gasteiger partial charge in [-0.3, -0.25) is 4.79 Å². The average Bonchev–Trinajstić information content (AvgIpc) is 2.46. The number of benzene rings is 1. The first-order valence-corrected chi connectivity index (χ1v) is 9.11. The Morgan fingerprint density at radius 1 is 1.38 bits per heavy atom. The molecular weight excluding hydrogens is 315 g/mol. The standard InChI is InChI=1S/C13H20ClN2O4P/c1-19-13(17)12(9-5-6-10-15)16-21(14,18)20-11-7-3-2-4-8-11/h2-4,7-8,12H,5-6,9-10,15H2,1H3,(H,16,18)/t12-,21?/m0/s1. The predicted octanol–water partition coefficient (Wildman–Crippen LogP) is 2.67. The molecule has 0 radical (unpaired) electrons. The zero-order valence-corrected chi connectivity index (χ0v) is 13.5. The van der Waals surface area contributed by atoms with E-state index in [1.807, 2.05) is 0 Å². The number of rotatable bonds is 9. The summed E-state index contributed by atoms with van der Waals surface area (Å²) in [5, 5.41) is 2.53. The fourth-order valence-corrected chi connectivity index (χ4v) is 3.34. The molecule has 8 heteroatoms. The van der Waals surface area contributed by atoms with Crippen molar-refractivity contribution in [2.75, 3.05) is 13.7 Å². The van der Waals surface area contributed by atoms with Crippen molar-refractivity contribution in [3.63, 3.8) is 0 Å². The molecule has 1 aromatic rings. The molecule has 6 nitrogen and oxygen atoms in total. The molecule has 0 heterocycles. The second kappa shape index (κ2) is 9.05. The fraction of sp³-hybridized carbons (Fsp3) is 0.462. The van der Waals surface area contributed by atoms with Gasteiger partial charge in [-0.15, -0.1) is 0 Å². The highest BCUT2D eigenvalue weighted by Crippen LogP contribution is 2.48. The summed E-state index contributed by atoms with van der Waals surface area (Å²) in [6.07, 6.45) is 1.85. The Morgan fingerprint density at radius 3 is 2.62 bits per heavy atom. The van der Waals surface area contributed by atoms with Gasteiger partial charge < -0.3 is 15.0 Å². The smallest absolute Gasteiger partial charge is 0.409 e. The van der Waals surface area contributed by atoms with Gasteiger partial charge in [0.1, 0.15) is 11.8 Å². The van der Waals surface area contributed by atoms with E-state index in [-0.39, 0.29) is 0 Å². The van der Waals surface area contributed by atoms with Crippen LogP contribution in [0.15, 0.2) is 30.3 Å². The maximum absolute atomic E-state index is 12.2. The Balaban J connectivity index is 2.66. The molecule has 21 heavy (non-hydrogen) atoms. The molecule has 2 atom stereocenters. The summed E-state index contributed by atoms with van der Waals surface area (Å²) in [5.74, 6) is -0.182. The average molecular weight is 335 g/mol. The van der Waals surface area contributed by atoms with Crippen molar-refractivity contribution in [3.8, 4) is 5.75 Å². The zero-order valence-electron chi connectivity index (χ0n) is 11.8. The van der Waals surface area contributed by atoms with Crippen molar-refractivity contribution in [2.45, 2.75) is 25.3 Å². The molecule has 0 aliphatic heterocycles. The Kier molecular flexibility index (Phi) is 7.75. The third-order valence-electron chi connectivity index (χ3n) is 2.71. The van der Waals surface area contributed by atoms with Gasteiger partial charge >= 0.3 is 12.8 Å². The fourth-order valence-electron chi connectivity index (χ4n) is 1.70. The number of ether oxygens (including phenoxy) is 1. The largest absolute Gasteiger partial charge is 0.468 e. The monoisotopic (exact) mass is 334 g/mol.